The van der Waals surface area contributed by atoms with Crippen molar-refractivity contribution in [2.45, 2.75) is 6.42 Å². The minimum absolute atomic E-state index is 0.104. The SMILES string of the molecule is NCCOCCNC(=O)Cc1ccc(F)cc1. The summed E-state index contributed by atoms with van der Waals surface area (Å²) in [7, 11) is 0. The van der Waals surface area contributed by atoms with Crippen LogP contribution in [0.5, 0.6) is 0 Å². The monoisotopic (exact) mass is 240 g/mol. The third kappa shape index (κ3) is 5.99. The van der Waals surface area contributed by atoms with Gasteiger partial charge in [0.2, 0.25) is 5.91 Å². The van der Waals surface area contributed by atoms with E-state index >= 15 is 0 Å². The maximum absolute atomic E-state index is 12.6. The lowest BCUT2D eigenvalue weighted by molar-refractivity contribution is -0.120. The van der Waals surface area contributed by atoms with E-state index in [-0.39, 0.29) is 18.1 Å². The van der Waals surface area contributed by atoms with Crippen molar-refractivity contribution in [3.63, 3.8) is 0 Å². The highest BCUT2D eigenvalue weighted by atomic mass is 19.1. The molecule has 0 fully saturated rings. The molecule has 4 nitrogen and oxygen atoms in total. The highest BCUT2D eigenvalue weighted by molar-refractivity contribution is 5.78. The second-order valence-corrected chi connectivity index (χ2v) is 3.55. The zero-order chi connectivity index (χ0) is 12.5. The van der Waals surface area contributed by atoms with Gasteiger partial charge in [-0.3, -0.25) is 4.79 Å². The Morgan fingerprint density at radius 2 is 2.00 bits per heavy atom. The molecule has 5 heteroatoms. The number of carbonyl (C=O) groups excluding carboxylic acids is 1. The normalized spacial score (nSPS) is 10.2. The van der Waals surface area contributed by atoms with Crippen molar-refractivity contribution >= 4 is 5.91 Å². The maximum atomic E-state index is 12.6. The van der Waals surface area contributed by atoms with E-state index in [0.29, 0.717) is 26.3 Å². The number of amides is 1. The van der Waals surface area contributed by atoms with E-state index < -0.39 is 0 Å². The van der Waals surface area contributed by atoms with Crippen LogP contribution in [-0.2, 0) is 16.0 Å². The van der Waals surface area contributed by atoms with Crippen LogP contribution in [0.25, 0.3) is 0 Å². The number of hydrogen-bond acceptors (Lipinski definition) is 3. The molecular formula is C12H17FN2O2. The maximum Gasteiger partial charge on any atom is 0.224 e. The summed E-state index contributed by atoms with van der Waals surface area (Å²) in [6.07, 6.45) is 0.247. The van der Waals surface area contributed by atoms with Gasteiger partial charge in [0.25, 0.3) is 0 Å². The summed E-state index contributed by atoms with van der Waals surface area (Å²) in [5, 5.41) is 2.71. The van der Waals surface area contributed by atoms with Crippen LogP contribution in [0.15, 0.2) is 24.3 Å². The molecule has 0 spiro atoms. The Morgan fingerprint density at radius 1 is 1.29 bits per heavy atom. The molecule has 0 heterocycles. The van der Waals surface area contributed by atoms with Crippen LogP contribution in [-0.4, -0.2) is 32.2 Å². The molecule has 0 radical (unpaired) electrons. The summed E-state index contributed by atoms with van der Waals surface area (Å²) in [6, 6.07) is 5.87. The van der Waals surface area contributed by atoms with E-state index in [9.17, 15) is 9.18 Å². The topological polar surface area (TPSA) is 64.3 Å². The van der Waals surface area contributed by atoms with Crippen LogP contribution in [0.4, 0.5) is 4.39 Å². The zero-order valence-corrected chi connectivity index (χ0v) is 9.62. The molecule has 94 valence electrons. The molecule has 0 aliphatic heterocycles. The Labute approximate surface area is 100.0 Å². The molecule has 0 saturated carbocycles. The average Bonchev–Trinajstić information content (AvgIpc) is 2.32. The average molecular weight is 240 g/mol. The number of carbonyl (C=O) groups is 1. The molecule has 1 amide bonds. The lowest BCUT2D eigenvalue weighted by Crippen LogP contribution is -2.29. The van der Waals surface area contributed by atoms with E-state index in [4.69, 9.17) is 10.5 Å². The van der Waals surface area contributed by atoms with Crippen molar-refractivity contribution in [3.8, 4) is 0 Å². The molecule has 17 heavy (non-hydrogen) atoms. The number of nitrogens with one attached hydrogen (secondary N) is 1. The Hall–Kier alpha value is -1.46. The van der Waals surface area contributed by atoms with Crippen LogP contribution in [0.2, 0.25) is 0 Å². The molecule has 0 aromatic heterocycles. The molecule has 1 rings (SSSR count). The molecule has 3 N–H and O–H groups in total. The fraction of sp³-hybridized carbons (Fsp3) is 0.417. The number of benzene rings is 1. The van der Waals surface area contributed by atoms with Gasteiger partial charge in [-0.25, -0.2) is 4.39 Å². The largest absolute Gasteiger partial charge is 0.378 e. The Bertz CT molecular complexity index is 341. The van der Waals surface area contributed by atoms with E-state index in [0.717, 1.165) is 5.56 Å². The summed E-state index contributed by atoms with van der Waals surface area (Å²) in [6.45, 7) is 1.88. The van der Waals surface area contributed by atoms with Crippen molar-refractivity contribution in [1.82, 2.24) is 5.32 Å². The molecule has 0 unspecified atom stereocenters. The minimum Gasteiger partial charge on any atom is -0.378 e. The van der Waals surface area contributed by atoms with Crippen molar-refractivity contribution in [1.29, 1.82) is 0 Å². The Kier molecular flexibility index (Phi) is 6.21. The van der Waals surface area contributed by atoms with Crippen LogP contribution in [0.1, 0.15) is 5.56 Å². The van der Waals surface area contributed by atoms with Gasteiger partial charge in [-0.1, -0.05) is 12.1 Å². The van der Waals surface area contributed by atoms with Crippen LogP contribution in [0, 0.1) is 5.82 Å². The highest BCUT2D eigenvalue weighted by Crippen LogP contribution is 2.03. The highest BCUT2D eigenvalue weighted by Gasteiger charge is 2.02. The predicted molar refractivity (Wildman–Crippen MR) is 63.0 cm³/mol. The fourth-order valence-electron chi connectivity index (χ4n) is 1.30. The quantitative estimate of drug-likeness (QED) is 0.680. The lowest BCUT2D eigenvalue weighted by Gasteiger charge is -2.05. The summed E-state index contributed by atoms with van der Waals surface area (Å²) in [5.41, 5.74) is 6.03. The van der Waals surface area contributed by atoms with Crippen molar-refractivity contribution in [2.75, 3.05) is 26.3 Å². The molecule has 0 bridgehead atoms. The first-order valence-electron chi connectivity index (χ1n) is 5.51. The van der Waals surface area contributed by atoms with E-state index in [1.165, 1.54) is 12.1 Å². The van der Waals surface area contributed by atoms with Gasteiger partial charge in [0.05, 0.1) is 19.6 Å². The Balaban J connectivity index is 2.18. The van der Waals surface area contributed by atoms with E-state index in [1.807, 2.05) is 0 Å². The van der Waals surface area contributed by atoms with Gasteiger partial charge in [-0.15, -0.1) is 0 Å². The van der Waals surface area contributed by atoms with Crippen molar-refractivity contribution < 1.29 is 13.9 Å². The number of halogens is 1. The first-order valence-corrected chi connectivity index (χ1v) is 5.51. The number of nitrogens with two attached hydrogens (primary N) is 1. The second-order valence-electron chi connectivity index (χ2n) is 3.55. The van der Waals surface area contributed by atoms with Gasteiger partial charge >= 0.3 is 0 Å². The molecule has 1 aromatic rings. The number of ether oxygens (including phenoxy) is 1. The van der Waals surface area contributed by atoms with Crippen LogP contribution >= 0.6 is 0 Å². The molecule has 0 atom stereocenters. The second kappa shape index (κ2) is 7.76. The van der Waals surface area contributed by atoms with Gasteiger partial charge in [0.15, 0.2) is 0 Å². The van der Waals surface area contributed by atoms with E-state index in [1.54, 1.807) is 12.1 Å². The molecule has 0 aliphatic carbocycles. The van der Waals surface area contributed by atoms with Gasteiger partial charge in [-0.2, -0.15) is 0 Å². The van der Waals surface area contributed by atoms with Gasteiger partial charge < -0.3 is 15.8 Å². The summed E-state index contributed by atoms with van der Waals surface area (Å²) < 4.78 is 17.7. The standard InChI is InChI=1S/C12H17FN2O2/c13-11-3-1-10(2-4-11)9-12(16)15-6-8-17-7-5-14/h1-4H,5-9,14H2,(H,15,16). The molecular weight excluding hydrogens is 223 g/mol. The van der Waals surface area contributed by atoms with Crippen LogP contribution in [0.3, 0.4) is 0 Å². The van der Waals surface area contributed by atoms with Gasteiger partial charge in [0.1, 0.15) is 5.82 Å². The summed E-state index contributed by atoms with van der Waals surface area (Å²) in [4.78, 5) is 11.4. The van der Waals surface area contributed by atoms with Crippen molar-refractivity contribution in [2.24, 2.45) is 5.73 Å². The van der Waals surface area contributed by atoms with Gasteiger partial charge in [-0.05, 0) is 17.7 Å². The fourth-order valence-corrected chi connectivity index (χ4v) is 1.30. The third-order valence-corrected chi connectivity index (χ3v) is 2.11. The Morgan fingerprint density at radius 3 is 2.65 bits per heavy atom. The zero-order valence-electron chi connectivity index (χ0n) is 9.62. The number of hydrogen-bond donors (Lipinski definition) is 2. The molecule has 0 aliphatic rings. The van der Waals surface area contributed by atoms with Crippen molar-refractivity contribution in [3.05, 3.63) is 35.6 Å². The number of rotatable bonds is 7. The first-order chi connectivity index (χ1) is 8.22. The smallest absolute Gasteiger partial charge is 0.224 e. The summed E-state index contributed by atoms with van der Waals surface area (Å²) >= 11 is 0. The lowest BCUT2D eigenvalue weighted by atomic mass is 10.1. The molecule has 0 saturated heterocycles. The van der Waals surface area contributed by atoms with Crippen LogP contribution < -0.4 is 11.1 Å². The van der Waals surface area contributed by atoms with E-state index in [2.05, 4.69) is 5.32 Å². The third-order valence-electron chi connectivity index (χ3n) is 2.11. The molecule has 1 aromatic carbocycles. The summed E-state index contributed by atoms with van der Waals surface area (Å²) in [5.74, 6) is -0.405. The van der Waals surface area contributed by atoms with Gasteiger partial charge in [0, 0.05) is 13.1 Å². The minimum atomic E-state index is -0.302. The first kappa shape index (κ1) is 13.6. The predicted octanol–water partition coefficient (Wildman–Crippen LogP) is 0.460.